The van der Waals surface area contributed by atoms with Gasteiger partial charge in [0.25, 0.3) is 0 Å². The summed E-state index contributed by atoms with van der Waals surface area (Å²) in [5.41, 5.74) is 3.57. The van der Waals surface area contributed by atoms with Gasteiger partial charge in [-0.25, -0.2) is 4.98 Å². The van der Waals surface area contributed by atoms with E-state index in [2.05, 4.69) is 41.5 Å². The number of nitrogens with zero attached hydrogens (tertiary/aromatic N) is 1. The lowest BCUT2D eigenvalue weighted by Gasteiger charge is -2.22. The number of benzene rings is 1. The van der Waals surface area contributed by atoms with Crippen molar-refractivity contribution < 1.29 is 4.42 Å². The van der Waals surface area contributed by atoms with E-state index in [4.69, 9.17) is 4.42 Å². The lowest BCUT2D eigenvalue weighted by molar-refractivity contribution is 0.456. The maximum atomic E-state index is 5.39. The minimum absolute atomic E-state index is 0.183. The topological polar surface area (TPSA) is 38.1 Å². The van der Waals surface area contributed by atoms with Crippen LogP contribution in [0.15, 0.2) is 35.1 Å². The summed E-state index contributed by atoms with van der Waals surface area (Å²) >= 11 is 0. The number of oxazole rings is 1. The molecule has 0 bridgehead atoms. The van der Waals surface area contributed by atoms with Crippen molar-refractivity contribution in [3.63, 3.8) is 0 Å². The van der Waals surface area contributed by atoms with E-state index in [1.165, 1.54) is 11.1 Å². The molecule has 1 aromatic carbocycles. The molecule has 1 aromatic heterocycles. The molecular weight excluding hydrogens is 200 g/mol. The average Bonchev–Trinajstić information content (AvgIpc) is 2.76. The van der Waals surface area contributed by atoms with Crippen LogP contribution in [0.4, 0.5) is 0 Å². The van der Waals surface area contributed by atoms with Crippen molar-refractivity contribution in [1.82, 2.24) is 10.3 Å². The van der Waals surface area contributed by atoms with E-state index < -0.39 is 0 Å². The van der Waals surface area contributed by atoms with Gasteiger partial charge in [0.2, 0.25) is 0 Å². The van der Waals surface area contributed by atoms with Crippen molar-refractivity contribution in [3.8, 4) is 0 Å². The highest BCUT2D eigenvalue weighted by atomic mass is 16.3. The minimum Gasteiger partial charge on any atom is -0.448 e. The number of nitrogens with one attached hydrogen (secondary N) is 1. The Balaban J connectivity index is 2.04. The number of hydrogen-bond donors (Lipinski definition) is 1. The predicted octanol–water partition coefficient (Wildman–Crippen LogP) is 2.22. The molecule has 3 rings (SSSR count). The Hall–Kier alpha value is -1.61. The molecule has 1 aliphatic heterocycles. The fraction of sp³-hybridized carbons (Fsp3) is 0.308. The van der Waals surface area contributed by atoms with Crippen LogP contribution in [-0.4, -0.2) is 11.5 Å². The number of hydrogen-bond acceptors (Lipinski definition) is 3. The molecule has 0 radical (unpaired) electrons. The van der Waals surface area contributed by atoms with E-state index in [1.54, 1.807) is 6.39 Å². The molecule has 0 amide bonds. The number of fused-ring (bicyclic) bond motifs is 1. The first-order valence-electron chi connectivity index (χ1n) is 5.57. The van der Waals surface area contributed by atoms with E-state index in [-0.39, 0.29) is 6.04 Å². The maximum absolute atomic E-state index is 5.39. The van der Waals surface area contributed by atoms with Crippen molar-refractivity contribution in [1.29, 1.82) is 0 Å². The number of rotatable bonds is 1. The third-order valence-electron chi connectivity index (χ3n) is 3.02. The third kappa shape index (κ3) is 1.53. The smallest absolute Gasteiger partial charge is 0.181 e. The van der Waals surface area contributed by atoms with Gasteiger partial charge in [-0.05, 0) is 12.5 Å². The van der Waals surface area contributed by atoms with Gasteiger partial charge in [0.15, 0.2) is 6.39 Å². The van der Waals surface area contributed by atoms with Gasteiger partial charge in [-0.1, -0.05) is 29.8 Å². The highest BCUT2D eigenvalue weighted by Gasteiger charge is 2.24. The molecule has 82 valence electrons. The third-order valence-corrected chi connectivity index (χ3v) is 3.02. The quantitative estimate of drug-likeness (QED) is 0.791. The molecule has 3 nitrogen and oxygen atoms in total. The summed E-state index contributed by atoms with van der Waals surface area (Å²) in [6.07, 6.45) is 2.47. The Labute approximate surface area is 94.5 Å². The van der Waals surface area contributed by atoms with Crippen molar-refractivity contribution in [3.05, 3.63) is 53.2 Å². The molecule has 2 aromatic rings. The molecule has 0 fully saturated rings. The van der Waals surface area contributed by atoms with E-state index >= 15 is 0 Å². The van der Waals surface area contributed by atoms with Crippen LogP contribution in [0.2, 0.25) is 0 Å². The Morgan fingerprint density at radius 1 is 1.44 bits per heavy atom. The number of aryl methyl sites for hydroxylation is 1. The van der Waals surface area contributed by atoms with Gasteiger partial charge in [0.1, 0.15) is 11.5 Å². The summed E-state index contributed by atoms with van der Waals surface area (Å²) in [4.78, 5) is 4.32. The normalized spacial score (nSPS) is 19.4. The first-order chi connectivity index (χ1) is 7.84. The van der Waals surface area contributed by atoms with Crippen molar-refractivity contribution in [2.24, 2.45) is 0 Å². The first kappa shape index (κ1) is 9.60. The van der Waals surface area contributed by atoms with Gasteiger partial charge in [-0.2, -0.15) is 0 Å². The second kappa shape index (κ2) is 3.76. The molecule has 1 aliphatic rings. The number of aromatic nitrogens is 1. The summed E-state index contributed by atoms with van der Waals surface area (Å²) in [6.45, 7) is 3.05. The standard InChI is InChI=1S/C13H14N2O/c1-9-3-2-4-10(7-9)12-13-11(5-6-14-12)16-8-15-13/h2-4,7-8,12,14H,5-6H2,1H3. The zero-order valence-electron chi connectivity index (χ0n) is 9.23. The van der Waals surface area contributed by atoms with Gasteiger partial charge in [-0.15, -0.1) is 0 Å². The molecule has 2 heterocycles. The lowest BCUT2D eigenvalue weighted by atomic mass is 9.97. The predicted molar refractivity (Wildman–Crippen MR) is 61.2 cm³/mol. The summed E-state index contributed by atoms with van der Waals surface area (Å²) in [7, 11) is 0. The largest absolute Gasteiger partial charge is 0.448 e. The molecule has 3 heteroatoms. The van der Waals surface area contributed by atoms with Gasteiger partial charge >= 0.3 is 0 Å². The second-order valence-corrected chi connectivity index (χ2v) is 4.21. The van der Waals surface area contributed by atoms with Crippen LogP contribution in [0.3, 0.4) is 0 Å². The average molecular weight is 214 g/mol. The summed E-state index contributed by atoms with van der Waals surface area (Å²) in [5, 5.41) is 3.48. The Kier molecular flexibility index (Phi) is 2.26. The molecular formula is C13H14N2O. The summed E-state index contributed by atoms with van der Waals surface area (Å²) in [5.74, 6) is 1.02. The first-order valence-corrected chi connectivity index (χ1v) is 5.57. The Bertz CT molecular complexity index is 504. The second-order valence-electron chi connectivity index (χ2n) is 4.21. The van der Waals surface area contributed by atoms with Crippen LogP contribution in [0.25, 0.3) is 0 Å². The SMILES string of the molecule is Cc1cccc(C2NCCc3ocnc32)c1. The van der Waals surface area contributed by atoms with Crippen LogP contribution in [-0.2, 0) is 6.42 Å². The lowest BCUT2D eigenvalue weighted by Crippen LogP contribution is -2.30. The highest BCUT2D eigenvalue weighted by Crippen LogP contribution is 2.27. The van der Waals surface area contributed by atoms with Crippen molar-refractivity contribution in [2.45, 2.75) is 19.4 Å². The van der Waals surface area contributed by atoms with Gasteiger partial charge in [-0.3, -0.25) is 0 Å². The molecule has 1 N–H and O–H groups in total. The van der Waals surface area contributed by atoms with E-state index in [9.17, 15) is 0 Å². The van der Waals surface area contributed by atoms with E-state index in [1.807, 2.05) is 0 Å². The Morgan fingerprint density at radius 2 is 2.38 bits per heavy atom. The molecule has 0 aliphatic carbocycles. The monoisotopic (exact) mass is 214 g/mol. The molecule has 1 atom stereocenters. The fourth-order valence-corrected chi connectivity index (χ4v) is 2.25. The molecule has 1 unspecified atom stereocenters. The van der Waals surface area contributed by atoms with E-state index in [0.29, 0.717) is 0 Å². The van der Waals surface area contributed by atoms with Gasteiger partial charge < -0.3 is 9.73 Å². The maximum Gasteiger partial charge on any atom is 0.181 e. The van der Waals surface area contributed by atoms with Gasteiger partial charge in [0, 0.05) is 13.0 Å². The van der Waals surface area contributed by atoms with Crippen LogP contribution in [0.5, 0.6) is 0 Å². The fourth-order valence-electron chi connectivity index (χ4n) is 2.25. The summed E-state index contributed by atoms with van der Waals surface area (Å²) in [6, 6.07) is 8.70. The van der Waals surface area contributed by atoms with E-state index in [0.717, 1.165) is 24.4 Å². The molecule has 16 heavy (non-hydrogen) atoms. The van der Waals surface area contributed by atoms with Crippen LogP contribution < -0.4 is 5.32 Å². The zero-order chi connectivity index (χ0) is 11.0. The van der Waals surface area contributed by atoms with Crippen LogP contribution >= 0.6 is 0 Å². The summed E-state index contributed by atoms with van der Waals surface area (Å²) < 4.78 is 5.39. The molecule has 0 saturated carbocycles. The minimum atomic E-state index is 0.183. The molecule has 0 saturated heterocycles. The van der Waals surface area contributed by atoms with Crippen molar-refractivity contribution >= 4 is 0 Å². The van der Waals surface area contributed by atoms with Crippen LogP contribution in [0.1, 0.15) is 28.6 Å². The van der Waals surface area contributed by atoms with Crippen molar-refractivity contribution in [2.75, 3.05) is 6.54 Å². The highest BCUT2D eigenvalue weighted by molar-refractivity contribution is 5.33. The van der Waals surface area contributed by atoms with Gasteiger partial charge in [0.05, 0.1) is 6.04 Å². The van der Waals surface area contributed by atoms with Crippen LogP contribution in [0, 0.1) is 6.92 Å². The zero-order valence-corrected chi connectivity index (χ0v) is 9.23. The Morgan fingerprint density at radius 3 is 3.25 bits per heavy atom. The molecule has 0 spiro atoms.